The first-order valence-corrected chi connectivity index (χ1v) is 8.53. The molecule has 0 bridgehead atoms. The smallest absolute Gasteiger partial charge is 0.387 e. The van der Waals surface area contributed by atoms with Gasteiger partial charge >= 0.3 is 12.6 Å². The number of halogens is 2. The number of alkyl halides is 2. The molecule has 1 aromatic heterocycles. The monoisotopic (exact) mass is 401 g/mol. The minimum Gasteiger partial charge on any atom is -0.459 e. The van der Waals surface area contributed by atoms with Crippen molar-refractivity contribution in [1.29, 1.82) is 0 Å². The molecule has 150 valence electrons. The number of benzene rings is 2. The molecule has 0 aliphatic heterocycles. The molecule has 9 heteroatoms. The van der Waals surface area contributed by atoms with Gasteiger partial charge in [0.15, 0.2) is 5.76 Å². The summed E-state index contributed by atoms with van der Waals surface area (Å²) in [4.78, 5) is 24.1. The summed E-state index contributed by atoms with van der Waals surface area (Å²) in [6.45, 7) is -2.69. The summed E-state index contributed by atoms with van der Waals surface area (Å²) in [6.07, 6.45) is 1.40. The number of rotatable bonds is 7. The van der Waals surface area contributed by atoms with E-state index < -0.39 is 18.5 Å². The number of hydrogen-bond donors (Lipinski definition) is 3. The highest BCUT2D eigenvalue weighted by molar-refractivity contribution is 6.02. The van der Waals surface area contributed by atoms with E-state index >= 15 is 0 Å². The lowest BCUT2D eigenvalue weighted by molar-refractivity contribution is -0.0498. The van der Waals surface area contributed by atoms with Gasteiger partial charge in [-0.25, -0.2) is 4.79 Å². The SMILES string of the molecule is O=C(NCc1ccc(OC(F)F)cc1)Nc1cccc(NC(=O)c2ccco2)c1. The van der Waals surface area contributed by atoms with Gasteiger partial charge in [-0.2, -0.15) is 8.78 Å². The van der Waals surface area contributed by atoms with Crippen LogP contribution in [0.25, 0.3) is 0 Å². The van der Waals surface area contributed by atoms with E-state index in [1.165, 1.54) is 24.5 Å². The van der Waals surface area contributed by atoms with E-state index in [0.717, 1.165) is 0 Å². The van der Waals surface area contributed by atoms with E-state index in [2.05, 4.69) is 20.7 Å². The normalized spacial score (nSPS) is 10.4. The second kappa shape index (κ2) is 9.36. The van der Waals surface area contributed by atoms with Crippen molar-refractivity contribution in [2.24, 2.45) is 0 Å². The molecule has 0 aliphatic carbocycles. The molecule has 2 aromatic carbocycles. The molecule has 0 radical (unpaired) electrons. The molecule has 3 rings (SSSR count). The molecule has 1 heterocycles. The van der Waals surface area contributed by atoms with Crippen molar-refractivity contribution in [3.8, 4) is 5.75 Å². The molecule has 0 atom stereocenters. The predicted molar refractivity (Wildman–Crippen MR) is 102 cm³/mol. The molecule has 29 heavy (non-hydrogen) atoms. The lowest BCUT2D eigenvalue weighted by atomic mass is 10.2. The zero-order chi connectivity index (χ0) is 20.6. The fourth-order valence-electron chi connectivity index (χ4n) is 2.42. The van der Waals surface area contributed by atoms with Gasteiger partial charge < -0.3 is 25.1 Å². The Hall–Kier alpha value is -3.88. The number of carbonyl (C=O) groups is 2. The fraction of sp³-hybridized carbons (Fsp3) is 0.100. The van der Waals surface area contributed by atoms with Gasteiger partial charge in [-0.1, -0.05) is 18.2 Å². The van der Waals surface area contributed by atoms with Gasteiger partial charge in [0.25, 0.3) is 5.91 Å². The molecule has 3 amide bonds. The Labute approximate surface area is 164 Å². The van der Waals surface area contributed by atoms with Crippen LogP contribution in [0.3, 0.4) is 0 Å². The van der Waals surface area contributed by atoms with Gasteiger partial charge in [0.1, 0.15) is 5.75 Å². The van der Waals surface area contributed by atoms with Crippen molar-refractivity contribution < 1.29 is 27.5 Å². The highest BCUT2D eigenvalue weighted by atomic mass is 19.3. The number of furan rings is 1. The summed E-state index contributed by atoms with van der Waals surface area (Å²) in [5.74, 6) is -0.191. The van der Waals surface area contributed by atoms with E-state index in [-0.39, 0.29) is 18.1 Å². The maximum absolute atomic E-state index is 12.1. The summed E-state index contributed by atoms with van der Waals surface area (Å²) in [5.41, 5.74) is 1.67. The summed E-state index contributed by atoms with van der Waals surface area (Å²) in [6, 6.07) is 15.2. The van der Waals surface area contributed by atoms with Crippen LogP contribution in [0.1, 0.15) is 16.1 Å². The van der Waals surface area contributed by atoms with E-state index in [0.29, 0.717) is 16.9 Å². The molecule has 0 saturated carbocycles. The quantitative estimate of drug-likeness (QED) is 0.545. The van der Waals surface area contributed by atoms with E-state index in [4.69, 9.17) is 4.42 Å². The highest BCUT2D eigenvalue weighted by Gasteiger charge is 2.10. The molecule has 0 unspecified atom stereocenters. The third kappa shape index (κ3) is 6.06. The van der Waals surface area contributed by atoms with Gasteiger partial charge in [0.2, 0.25) is 0 Å². The van der Waals surface area contributed by atoms with Crippen molar-refractivity contribution in [3.05, 3.63) is 78.3 Å². The molecule has 0 saturated heterocycles. The summed E-state index contributed by atoms with van der Waals surface area (Å²) >= 11 is 0. The van der Waals surface area contributed by atoms with Crippen LogP contribution in [-0.4, -0.2) is 18.5 Å². The highest BCUT2D eigenvalue weighted by Crippen LogP contribution is 2.17. The molecule has 0 fully saturated rings. The zero-order valence-electron chi connectivity index (χ0n) is 15.0. The van der Waals surface area contributed by atoms with E-state index in [9.17, 15) is 18.4 Å². The lowest BCUT2D eigenvalue weighted by Crippen LogP contribution is -2.28. The largest absolute Gasteiger partial charge is 0.459 e. The van der Waals surface area contributed by atoms with E-state index in [1.54, 1.807) is 42.5 Å². The number of carbonyl (C=O) groups excluding carboxylic acids is 2. The van der Waals surface area contributed by atoms with Gasteiger partial charge in [-0.15, -0.1) is 0 Å². The van der Waals surface area contributed by atoms with Crippen molar-refractivity contribution in [2.75, 3.05) is 10.6 Å². The molecule has 7 nitrogen and oxygen atoms in total. The molecule has 3 N–H and O–H groups in total. The first-order valence-electron chi connectivity index (χ1n) is 8.53. The molecule has 3 aromatic rings. The summed E-state index contributed by atoms with van der Waals surface area (Å²) in [5, 5.41) is 7.96. The number of amides is 3. The first-order chi connectivity index (χ1) is 14.0. The Morgan fingerprint density at radius 3 is 2.34 bits per heavy atom. The minimum atomic E-state index is -2.88. The maximum atomic E-state index is 12.1. The zero-order valence-corrected chi connectivity index (χ0v) is 15.0. The van der Waals surface area contributed by atoms with Crippen molar-refractivity contribution in [3.63, 3.8) is 0 Å². The fourth-order valence-corrected chi connectivity index (χ4v) is 2.42. The van der Waals surface area contributed by atoms with Gasteiger partial charge in [-0.05, 0) is 48.0 Å². The molecular formula is C20H17F2N3O4. The first kappa shape index (κ1) is 19.9. The number of ether oxygens (including phenoxy) is 1. The summed E-state index contributed by atoms with van der Waals surface area (Å²) < 4.78 is 33.6. The third-order valence-electron chi connectivity index (χ3n) is 3.72. The van der Waals surface area contributed by atoms with Crippen LogP contribution >= 0.6 is 0 Å². The second-order valence-corrected chi connectivity index (χ2v) is 5.84. The molecular weight excluding hydrogens is 384 g/mol. The van der Waals surface area contributed by atoms with Crippen molar-refractivity contribution >= 4 is 23.3 Å². The lowest BCUT2D eigenvalue weighted by Gasteiger charge is -2.10. The molecule has 0 aliphatic rings. The number of nitrogens with one attached hydrogen (secondary N) is 3. The Morgan fingerprint density at radius 1 is 0.966 bits per heavy atom. The summed E-state index contributed by atoms with van der Waals surface area (Å²) in [7, 11) is 0. The van der Waals surface area contributed by atoms with Crippen LogP contribution in [0.2, 0.25) is 0 Å². The van der Waals surface area contributed by atoms with Crippen LogP contribution in [0, 0.1) is 0 Å². The second-order valence-electron chi connectivity index (χ2n) is 5.84. The van der Waals surface area contributed by atoms with Crippen LogP contribution in [0.4, 0.5) is 25.0 Å². The Morgan fingerprint density at radius 2 is 1.69 bits per heavy atom. The predicted octanol–water partition coefficient (Wildman–Crippen LogP) is 4.46. The Kier molecular flexibility index (Phi) is 6.41. The number of hydrogen-bond acceptors (Lipinski definition) is 4. The van der Waals surface area contributed by atoms with Crippen LogP contribution in [0.5, 0.6) is 5.75 Å². The van der Waals surface area contributed by atoms with Crippen molar-refractivity contribution in [1.82, 2.24) is 5.32 Å². The Bertz CT molecular complexity index is 960. The van der Waals surface area contributed by atoms with Crippen molar-refractivity contribution in [2.45, 2.75) is 13.2 Å². The maximum Gasteiger partial charge on any atom is 0.387 e. The van der Waals surface area contributed by atoms with E-state index in [1.807, 2.05) is 0 Å². The standard InChI is InChI=1S/C20H17F2N3O4/c21-19(22)29-16-8-6-13(7-9-16)12-23-20(27)25-15-4-1-3-14(11-15)24-18(26)17-5-2-10-28-17/h1-11,19H,12H2,(H,24,26)(H2,23,25,27). The van der Waals surface area contributed by atoms with Crippen LogP contribution in [-0.2, 0) is 6.54 Å². The minimum absolute atomic E-state index is 0.0432. The average Bonchev–Trinajstić information content (AvgIpc) is 3.22. The average molecular weight is 401 g/mol. The molecule has 0 spiro atoms. The van der Waals surface area contributed by atoms with Gasteiger partial charge in [0.05, 0.1) is 6.26 Å². The van der Waals surface area contributed by atoms with Crippen LogP contribution in [0.15, 0.2) is 71.3 Å². The van der Waals surface area contributed by atoms with Gasteiger partial charge in [-0.3, -0.25) is 4.79 Å². The Balaban J connectivity index is 1.51. The van der Waals surface area contributed by atoms with Gasteiger partial charge in [0, 0.05) is 17.9 Å². The topological polar surface area (TPSA) is 92.6 Å². The third-order valence-corrected chi connectivity index (χ3v) is 3.72. The van der Waals surface area contributed by atoms with Crippen LogP contribution < -0.4 is 20.7 Å². The number of anilines is 2. The number of urea groups is 1.